The van der Waals surface area contributed by atoms with Crippen LogP contribution in [0.5, 0.6) is 0 Å². The lowest BCUT2D eigenvalue weighted by atomic mass is 10.1. The van der Waals surface area contributed by atoms with Crippen LogP contribution in [-0.4, -0.2) is 31.5 Å². The van der Waals surface area contributed by atoms with Gasteiger partial charge in [0.1, 0.15) is 0 Å². The molecule has 5 heteroatoms. The van der Waals surface area contributed by atoms with Crippen LogP contribution in [-0.2, 0) is 4.74 Å². The summed E-state index contributed by atoms with van der Waals surface area (Å²) < 4.78 is 4.91. The van der Waals surface area contributed by atoms with Crippen molar-refractivity contribution in [1.29, 1.82) is 0 Å². The third-order valence-electron chi connectivity index (χ3n) is 2.46. The summed E-state index contributed by atoms with van der Waals surface area (Å²) >= 11 is 12.0. The van der Waals surface area contributed by atoms with E-state index in [1.807, 2.05) is 13.0 Å². The van der Waals surface area contributed by atoms with E-state index in [1.165, 1.54) is 0 Å². The maximum Gasteiger partial charge on any atom is 0.252 e. The number of ether oxygens (including phenoxy) is 1. The summed E-state index contributed by atoms with van der Waals surface area (Å²) in [6.45, 7) is 2.90. The Hall–Kier alpha value is -0.770. The molecule has 0 saturated heterocycles. The molecule has 1 atom stereocenters. The Kier molecular flexibility index (Phi) is 6.47. The topological polar surface area (TPSA) is 38.3 Å². The van der Waals surface area contributed by atoms with Crippen molar-refractivity contribution in [1.82, 2.24) is 5.32 Å². The summed E-state index contributed by atoms with van der Waals surface area (Å²) in [6.07, 6.45) is 0.657. The number of hydrogen-bond acceptors (Lipinski definition) is 2. The number of hydrogen-bond donors (Lipinski definition) is 1. The van der Waals surface area contributed by atoms with Crippen LogP contribution in [0.4, 0.5) is 0 Å². The van der Waals surface area contributed by atoms with Crippen molar-refractivity contribution in [3.05, 3.63) is 34.3 Å². The molecule has 18 heavy (non-hydrogen) atoms. The second-order valence-corrected chi connectivity index (χ2v) is 5.10. The van der Waals surface area contributed by atoms with Crippen LogP contribution in [0.15, 0.2) is 18.2 Å². The zero-order chi connectivity index (χ0) is 13.5. The van der Waals surface area contributed by atoms with Gasteiger partial charge in [-0.05, 0) is 31.0 Å². The van der Waals surface area contributed by atoms with Crippen molar-refractivity contribution in [2.75, 3.05) is 20.3 Å². The second-order valence-electron chi connectivity index (χ2n) is 4.08. The summed E-state index contributed by atoms with van der Waals surface area (Å²) in [5.74, 6) is -0.179. The van der Waals surface area contributed by atoms with E-state index in [2.05, 4.69) is 5.32 Å². The summed E-state index contributed by atoms with van der Waals surface area (Å²) in [6, 6.07) is 5.35. The Morgan fingerprint density at radius 2 is 2.22 bits per heavy atom. The van der Waals surface area contributed by atoms with Gasteiger partial charge in [0.05, 0.1) is 22.6 Å². The first kappa shape index (κ1) is 15.3. The molecule has 0 aliphatic rings. The Balaban J connectivity index is 2.45. The molecule has 0 bridgehead atoms. The average molecular weight is 290 g/mol. The van der Waals surface area contributed by atoms with E-state index in [0.29, 0.717) is 30.2 Å². The zero-order valence-electron chi connectivity index (χ0n) is 10.5. The molecule has 0 aliphatic heterocycles. The maximum absolute atomic E-state index is 11.8. The number of halogens is 2. The van der Waals surface area contributed by atoms with Crippen LogP contribution in [0.1, 0.15) is 22.3 Å². The number of aryl methyl sites for hydroxylation is 1. The first-order valence-corrected chi connectivity index (χ1v) is 6.53. The van der Waals surface area contributed by atoms with Crippen molar-refractivity contribution in [3.8, 4) is 0 Å². The number of methoxy groups -OCH3 is 1. The smallest absolute Gasteiger partial charge is 0.252 e. The van der Waals surface area contributed by atoms with E-state index in [4.69, 9.17) is 27.9 Å². The third-order valence-corrected chi connectivity index (χ3v) is 3.12. The van der Waals surface area contributed by atoms with Gasteiger partial charge in [-0.15, -0.1) is 11.6 Å². The maximum atomic E-state index is 11.8. The lowest BCUT2D eigenvalue weighted by Gasteiger charge is -2.10. The lowest BCUT2D eigenvalue weighted by molar-refractivity contribution is 0.0952. The molecular weight excluding hydrogens is 273 g/mol. The minimum Gasteiger partial charge on any atom is -0.383 e. The van der Waals surface area contributed by atoms with Gasteiger partial charge in [-0.1, -0.05) is 17.7 Å². The number of nitrogens with one attached hydrogen (secondary N) is 1. The van der Waals surface area contributed by atoms with Gasteiger partial charge >= 0.3 is 0 Å². The first-order valence-electron chi connectivity index (χ1n) is 5.72. The average Bonchev–Trinajstić information content (AvgIpc) is 2.29. The van der Waals surface area contributed by atoms with Crippen LogP contribution >= 0.6 is 23.2 Å². The quantitative estimate of drug-likeness (QED) is 0.818. The lowest BCUT2D eigenvalue weighted by Crippen LogP contribution is -2.27. The highest BCUT2D eigenvalue weighted by Gasteiger charge is 2.10. The largest absolute Gasteiger partial charge is 0.383 e. The Morgan fingerprint density at radius 1 is 1.50 bits per heavy atom. The van der Waals surface area contributed by atoms with Crippen molar-refractivity contribution in [2.24, 2.45) is 0 Å². The van der Waals surface area contributed by atoms with Crippen molar-refractivity contribution in [2.45, 2.75) is 18.7 Å². The Morgan fingerprint density at radius 3 is 2.83 bits per heavy atom. The van der Waals surface area contributed by atoms with Gasteiger partial charge in [-0.2, -0.15) is 0 Å². The summed E-state index contributed by atoms with van der Waals surface area (Å²) in [4.78, 5) is 11.8. The number of amides is 1. The van der Waals surface area contributed by atoms with E-state index >= 15 is 0 Å². The number of benzene rings is 1. The van der Waals surface area contributed by atoms with Crippen LogP contribution in [0.3, 0.4) is 0 Å². The third kappa shape index (κ3) is 4.84. The molecule has 1 unspecified atom stereocenters. The van der Waals surface area contributed by atoms with Crippen molar-refractivity contribution >= 4 is 29.1 Å². The fourth-order valence-electron chi connectivity index (χ4n) is 1.51. The SMILES string of the molecule is COCC(Cl)CCNC(=O)c1ccc(C)cc1Cl. The fraction of sp³-hybridized carbons (Fsp3) is 0.462. The van der Waals surface area contributed by atoms with Gasteiger partial charge in [0, 0.05) is 13.7 Å². The number of alkyl halides is 1. The first-order chi connectivity index (χ1) is 8.54. The van der Waals surface area contributed by atoms with Crippen LogP contribution in [0.2, 0.25) is 5.02 Å². The molecule has 0 spiro atoms. The van der Waals surface area contributed by atoms with Gasteiger partial charge in [-0.3, -0.25) is 4.79 Å². The molecular formula is C13H17Cl2NO2. The van der Waals surface area contributed by atoms with Crippen molar-refractivity contribution < 1.29 is 9.53 Å². The van der Waals surface area contributed by atoms with E-state index in [9.17, 15) is 4.79 Å². The molecule has 1 aromatic carbocycles. The van der Waals surface area contributed by atoms with E-state index < -0.39 is 0 Å². The molecule has 0 saturated carbocycles. The van der Waals surface area contributed by atoms with Crippen LogP contribution in [0.25, 0.3) is 0 Å². The van der Waals surface area contributed by atoms with E-state index in [-0.39, 0.29) is 11.3 Å². The van der Waals surface area contributed by atoms with Gasteiger partial charge in [-0.25, -0.2) is 0 Å². The highest BCUT2D eigenvalue weighted by Crippen LogP contribution is 2.17. The highest BCUT2D eigenvalue weighted by molar-refractivity contribution is 6.33. The molecule has 100 valence electrons. The number of carbonyl (C=O) groups excluding carboxylic acids is 1. The molecule has 0 heterocycles. The predicted molar refractivity (Wildman–Crippen MR) is 74.7 cm³/mol. The van der Waals surface area contributed by atoms with Crippen LogP contribution < -0.4 is 5.32 Å². The summed E-state index contributed by atoms with van der Waals surface area (Å²) in [7, 11) is 1.60. The monoisotopic (exact) mass is 289 g/mol. The minimum atomic E-state index is -0.179. The number of rotatable bonds is 6. The van der Waals surface area contributed by atoms with Gasteiger partial charge in [0.15, 0.2) is 0 Å². The van der Waals surface area contributed by atoms with E-state index in [0.717, 1.165) is 5.56 Å². The Labute approximate surface area is 117 Å². The molecule has 1 N–H and O–H groups in total. The summed E-state index contributed by atoms with van der Waals surface area (Å²) in [5, 5.41) is 3.16. The molecule has 3 nitrogen and oxygen atoms in total. The number of carbonyl (C=O) groups is 1. The molecule has 0 radical (unpaired) electrons. The normalized spacial score (nSPS) is 12.2. The molecule has 0 aliphatic carbocycles. The standard InChI is InChI=1S/C13H17Cl2NO2/c1-9-3-4-11(12(15)7-9)13(17)16-6-5-10(14)8-18-2/h3-4,7,10H,5-6,8H2,1-2H3,(H,16,17). The van der Waals surface area contributed by atoms with Crippen molar-refractivity contribution in [3.63, 3.8) is 0 Å². The van der Waals surface area contributed by atoms with Gasteiger partial charge in [0.25, 0.3) is 5.91 Å². The summed E-state index contributed by atoms with van der Waals surface area (Å²) in [5.41, 5.74) is 1.51. The Bertz CT molecular complexity index is 410. The molecule has 0 fully saturated rings. The van der Waals surface area contributed by atoms with Gasteiger partial charge in [0.2, 0.25) is 0 Å². The van der Waals surface area contributed by atoms with Gasteiger partial charge < -0.3 is 10.1 Å². The zero-order valence-corrected chi connectivity index (χ0v) is 12.0. The fourth-order valence-corrected chi connectivity index (χ4v) is 2.06. The molecule has 1 amide bonds. The second kappa shape index (κ2) is 7.62. The molecule has 1 aromatic rings. The minimum absolute atomic E-state index is 0.0937. The predicted octanol–water partition coefficient (Wildman–Crippen LogP) is 3.02. The highest BCUT2D eigenvalue weighted by atomic mass is 35.5. The van der Waals surface area contributed by atoms with Crippen LogP contribution in [0, 0.1) is 6.92 Å². The van der Waals surface area contributed by atoms with E-state index in [1.54, 1.807) is 19.2 Å². The molecule has 0 aromatic heterocycles. The molecule has 1 rings (SSSR count).